The molecule has 3 amide bonds. The molecule has 2 N–H and O–H groups in total. The number of nitrogens with zero attached hydrogens (tertiary/aromatic N) is 2. The van der Waals surface area contributed by atoms with Gasteiger partial charge in [0.25, 0.3) is 0 Å². The van der Waals surface area contributed by atoms with Gasteiger partial charge in [-0.15, -0.1) is 0 Å². The van der Waals surface area contributed by atoms with Crippen LogP contribution in [-0.4, -0.2) is 27.9 Å². The van der Waals surface area contributed by atoms with Gasteiger partial charge < -0.3 is 15.5 Å². The molecule has 0 unspecified atom stereocenters. The molecule has 124 valence electrons. The first-order valence-corrected chi connectivity index (χ1v) is 7.96. The number of carbonyl (C=O) groups is 2. The van der Waals surface area contributed by atoms with Crippen LogP contribution in [0.25, 0.3) is 0 Å². The maximum Gasteiger partial charge on any atom is 0.323 e. The molecular formula is C18H20N4O2. The fraction of sp³-hybridized carbons (Fsp3) is 0.278. The molecule has 24 heavy (non-hydrogen) atoms. The number of urea groups is 1. The third-order valence-electron chi connectivity index (χ3n) is 3.88. The van der Waals surface area contributed by atoms with Crippen LogP contribution in [0.1, 0.15) is 25.3 Å². The van der Waals surface area contributed by atoms with Crippen molar-refractivity contribution in [3.63, 3.8) is 0 Å². The van der Waals surface area contributed by atoms with E-state index in [0.29, 0.717) is 24.0 Å². The molecule has 1 aromatic heterocycles. The Labute approximate surface area is 140 Å². The zero-order chi connectivity index (χ0) is 16.9. The van der Waals surface area contributed by atoms with E-state index < -0.39 is 0 Å². The molecule has 1 aliphatic rings. The summed E-state index contributed by atoms with van der Waals surface area (Å²) >= 11 is 0. The van der Waals surface area contributed by atoms with E-state index in [1.165, 1.54) is 0 Å². The molecule has 1 heterocycles. The summed E-state index contributed by atoms with van der Waals surface area (Å²) in [5.74, 6) is 0.107. The van der Waals surface area contributed by atoms with Crippen LogP contribution in [0, 0.1) is 0 Å². The Kier molecular flexibility index (Phi) is 4.74. The Balaban J connectivity index is 1.56. The summed E-state index contributed by atoms with van der Waals surface area (Å²) in [5, 5.41) is 5.48. The molecule has 1 aliphatic carbocycles. The van der Waals surface area contributed by atoms with Crippen molar-refractivity contribution >= 4 is 23.3 Å². The van der Waals surface area contributed by atoms with E-state index in [-0.39, 0.29) is 11.9 Å². The molecule has 0 aliphatic heterocycles. The lowest BCUT2D eigenvalue weighted by Crippen LogP contribution is -2.30. The molecule has 1 saturated carbocycles. The molecule has 1 aromatic carbocycles. The van der Waals surface area contributed by atoms with Crippen molar-refractivity contribution < 1.29 is 9.59 Å². The fourth-order valence-corrected chi connectivity index (χ4v) is 2.50. The standard InChI is InChI=1S/C18H20N4O2/c1-13(23)22(17-8-9-17)12-14-4-6-15(7-5-14)20-18(24)21-16-3-2-10-19-11-16/h2-7,10-11,17H,8-9,12H2,1H3,(H2,20,21,24). The first-order valence-electron chi connectivity index (χ1n) is 7.96. The topological polar surface area (TPSA) is 74.3 Å². The molecule has 6 heteroatoms. The van der Waals surface area contributed by atoms with E-state index in [1.54, 1.807) is 31.5 Å². The van der Waals surface area contributed by atoms with E-state index in [2.05, 4.69) is 15.6 Å². The SMILES string of the molecule is CC(=O)N(Cc1ccc(NC(=O)Nc2cccnc2)cc1)C1CC1. The summed E-state index contributed by atoms with van der Waals surface area (Å²) in [4.78, 5) is 29.4. The molecule has 6 nitrogen and oxygen atoms in total. The van der Waals surface area contributed by atoms with Gasteiger partial charge in [0.05, 0.1) is 11.9 Å². The lowest BCUT2D eigenvalue weighted by Gasteiger charge is -2.20. The Hall–Kier alpha value is -2.89. The highest BCUT2D eigenvalue weighted by Gasteiger charge is 2.30. The van der Waals surface area contributed by atoms with Crippen LogP contribution in [-0.2, 0) is 11.3 Å². The Bertz CT molecular complexity index is 712. The number of anilines is 2. The number of benzene rings is 1. The second kappa shape index (κ2) is 7.12. The molecule has 0 saturated heterocycles. The highest BCUT2D eigenvalue weighted by molar-refractivity contribution is 5.99. The molecular weight excluding hydrogens is 304 g/mol. The van der Waals surface area contributed by atoms with Crippen molar-refractivity contribution in [3.8, 4) is 0 Å². The number of amides is 3. The van der Waals surface area contributed by atoms with E-state index in [4.69, 9.17) is 0 Å². The summed E-state index contributed by atoms with van der Waals surface area (Å²) in [6.07, 6.45) is 5.41. The number of hydrogen-bond donors (Lipinski definition) is 2. The van der Waals surface area contributed by atoms with Crippen molar-refractivity contribution in [1.82, 2.24) is 9.88 Å². The van der Waals surface area contributed by atoms with Gasteiger partial charge in [-0.3, -0.25) is 9.78 Å². The van der Waals surface area contributed by atoms with E-state index >= 15 is 0 Å². The summed E-state index contributed by atoms with van der Waals surface area (Å²) in [6.45, 7) is 2.22. The summed E-state index contributed by atoms with van der Waals surface area (Å²) in [7, 11) is 0. The Morgan fingerprint density at radius 2 is 1.83 bits per heavy atom. The maximum absolute atomic E-state index is 11.9. The van der Waals surface area contributed by atoms with Crippen molar-refractivity contribution in [2.45, 2.75) is 32.4 Å². The molecule has 0 spiro atoms. The average Bonchev–Trinajstić information content (AvgIpc) is 3.39. The van der Waals surface area contributed by atoms with Gasteiger partial charge in [-0.25, -0.2) is 4.79 Å². The monoisotopic (exact) mass is 324 g/mol. The average molecular weight is 324 g/mol. The number of aromatic nitrogens is 1. The first kappa shape index (κ1) is 16.0. The minimum atomic E-state index is -0.320. The third-order valence-corrected chi connectivity index (χ3v) is 3.88. The first-order chi connectivity index (χ1) is 11.6. The number of nitrogens with one attached hydrogen (secondary N) is 2. The smallest absolute Gasteiger partial charge is 0.323 e. The molecule has 0 bridgehead atoms. The van der Waals surface area contributed by atoms with E-state index in [9.17, 15) is 9.59 Å². The Morgan fingerprint density at radius 3 is 2.42 bits per heavy atom. The van der Waals surface area contributed by atoms with E-state index in [0.717, 1.165) is 18.4 Å². The zero-order valence-electron chi connectivity index (χ0n) is 13.5. The van der Waals surface area contributed by atoms with Gasteiger partial charge in [0.15, 0.2) is 0 Å². The highest BCUT2D eigenvalue weighted by atomic mass is 16.2. The highest BCUT2D eigenvalue weighted by Crippen LogP contribution is 2.28. The zero-order valence-corrected chi connectivity index (χ0v) is 13.5. The second-order valence-electron chi connectivity index (χ2n) is 5.90. The molecule has 3 rings (SSSR count). The third kappa shape index (κ3) is 4.32. The van der Waals surface area contributed by atoms with Crippen LogP contribution >= 0.6 is 0 Å². The fourth-order valence-electron chi connectivity index (χ4n) is 2.50. The van der Waals surface area contributed by atoms with Gasteiger partial charge in [0.1, 0.15) is 0 Å². The van der Waals surface area contributed by atoms with E-state index in [1.807, 2.05) is 29.2 Å². The normalized spacial score (nSPS) is 13.2. The number of hydrogen-bond acceptors (Lipinski definition) is 3. The summed E-state index contributed by atoms with van der Waals surface area (Å²) in [6, 6.07) is 11.1. The van der Waals surface area contributed by atoms with Gasteiger partial charge in [0.2, 0.25) is 5.91 Å². The predicted molar refractivity (Wildman–Crippen MR) is 92.6 cm³/mol. The van der Waals surface area contributed by atoms with Crippen LogP contribution in [0.4, 0.5) is 16.2 Å². The van der Waals surface area contributed by atoms with Crippen LogP contribution in [0.15, 0.2) is 48.8 Å². The van der Waals surface area contributed by atoms with Gasteiger partial charge in [0, 0.05) is 31.4 Å². The van der Waals surface area contributed by atoms with Crippen LogP contribution in [0.2, 0.25) is 0 Å². The lowest BCUT2D eigenvalue weighted by molar-refractivity contribution is -0.130. The quantitative estimate of drug-likeness (QED) is 0.886. The van der Waals surface area contributed by atoms with Gasteiger partial charge >= 0.3 is 6.03 Å². The van der Waals surface area contributed by atoms with Crippen molar-refractivity contribution in [2.75, 3.05) is 10.6 Å². The van der Waals surface area contributed by atoms with Crippen LogP contribution < -0.4 is 10.6 Å². The number of pyridine rings is 1. The van der Waals surface area contributed by atoms with Crippen molar-refractivity contribution in [3.05, 3.63) is 54.4 Å². The number of rotatable bonds is 5. The molecule has 0 radical (unpaired) electrons. The molecule has 0 atom stereocenters. The van der Waals surface area contributed by atoms with Crippen LogP contribution in [0.3, 0.4) is 0 Å². The van der Waals surface area contributed by atoms with Gasteiger partial charge in [-0.1, -0.05) is 12.1 Å². The molecule has 1 fully saturated rings. The van der Waals surface area contributed by atoms with Gasteiger partial charge in [-0.2, -0.15) is 0 Å². The van der Waals surface area contributed by atoms with Gasteiger partial charge in [-0.05, 0) is 42.7 Å². The summed E-state index contributed by atoms with van der Waals surface area (Å²) in [5.41, 5.74) is 2.38. The summed E-state index contributed by atoms with van der Waals surface area (Å²) < 4.78 is 0. The maximum atomic E-state index is 11.9. The Morgan fingerprint density at radius 1 is 1.12 bits per heavy atom. The van der Waals surface area contributed by atoms with Crippen molar-refractivity contribution in [2.24, 2.45) is 0 Å². The minimum Gasteiger partial charge on any atom is -0.336 e. The predicted octanol–water partition coefficient (Wildman–Crippen LogP) is 3.24. The van der Waals surface area contributed by atoms with Crippen molar-refractivity contribution in [1.29, 1.82) is 0 Å². The second-order valence-corrected chi connectivity index (χ2v) is 5.90. The largest absolute Gasteiger partial charge is 0.336 e. The molecule has 2 aromatic rings. The lowest BCUT2D eigenvalue weighted by atomic mass is 10.2. The minimum absolute atomic E-state index is 0.107. The van der Waals surface area contributed by atoms with Crippen LogP contribution in [0.5, 0.6) is 0 Å². The number of carbonyl (C=O) groups excluding carboxylic acids is 2.